The van der Waals surface area contributed by atoms with E-state index in [2.05, 4.69) is 44.6 Å². The number of fused-ring (bicyclic) bond motifs is 3. The van der Waals surface area contributed by atoms with Gasteiger partial charge in [0.05, 0.1) is 5.69 Å². The molecule has 0 aliphatic heterocycles. The van der Waals surface area contributed by atoms with Crippen molar-refractivity contribution in [1.82, 2.24) is 9.97 Å². The molecule has 0 spiro atoms. The molecular weight excluding hydrogens is 220 g/mol. The molecule has 2 aliphatic carbocycles. The third-order valence-corrected chi connectivity index (χ3v) is 6.23. The molecular formula is C16H24N2. The Labute approximate surface area is 110 Å². The van der Waals surface area contributed by atoms with Crippen LogP contribution in [0.1, 0.15) is 58.2 Å². The SMILES string of the molecule is CC1C(C)(C)C2CCc3cncnc3[C@@H]2C1(C)C. The minimum atomic E-state index is 0.331. The van der Waals surface area contributed by atoms with Crippen LogP contribution in [0.5, 0.6) is 0 Å². The molecule has 0 amide bonds. The Hall–Kier alpha value is -0.920. The van der Waals surface area contributed by atoms with Crippen molar-refractivity contribution in [2.75, 3.05) is 0 Å². The molecule has 0 aromatic carbocycles. The number of rotatable bonds is 0. The zero-order valence-electron chi connectivity index (χ0n) is 12.2. The van der Waals surface area contributed by atoms with Crippen LogP contribution < -0.4 is 0 Å². The lowest BCUT2D eigenvalue weighted by Gasteiger charge is -2.37. The summed E-state index contributed by atoms with van der Waals surface area (Å²) >= 11 is 0. The minimum Gasteiger partial charge on any atom is -0.245 e. The minimum absolute atomic E-state index is 0.331. The fourth-order valence-electron chi connectivity index (χ4n) is 4.73. The number of aryl methyl sites for hydroxylation is 1. The smallest absolute Gasteiger partial charge is 0.115 e. The molecule has 1 fully saturated rings. The van der Waals surface area contributed by atoms with Crippen LogP contribution in [0.2, 0.25) is 0 Å². The molecule has 0 N–H and O–H groups in total. The predicted molar refractivity (Wildman–Crippen MR) is 73.3 cm³/mol. The molecule has 3 atom stereocenters. The molecule has 1 aromatic rings. The summed E-state index contributed by atoms with van der Waals surface area (Å²) in [6.45, 7) is 12.2. The van der Waals surface area contributed by atoms with Gasteiger partial charge in [0.2, 0.25) is 0 Å². The largest absolute Gasteiger partial charge is 0.245 e. The Kier molecular flexibility index (Phi) is 2.39. The molecule has 1 heterocycles. The van der Waals surface area contributed by atoms with Gasteiger partial charge in [0.1, 0.15) is 6.33 Å². The Morgan fingerprint density at radius 3 is 2.61 bits per heavy atom. The van der Waals surface area contributed by atoms with Crippen LogP contribution in [0.4, 0.5) is 0 Å². The van der Waals surface area contributed by atoms with Gasteiger partial charge in [0, 0.05) is 12.1 Å². The second kappa shape index (κ2) is 3.55. The molecule has 98 valence electrons. The van der Waals surface area contributed by atoms with Gasteiger partial charge in [0.25, 0.3) is 0 Å². The second-order valence-electron chi connectivity index (χ2n) is 7.42. The quantitative estimate of drug-likeness (QED) is 0.693. The Morgan fingerprint density at radius 2 is 1.89 bits per heavy atom. The number of aromatic nitrogens is 2. The molecule has 3 rings (SSSR count). The number of nitrogens with zero attached hydrogens (tertiary/aromatic N) is 2. The van der Waals surface area contributed by atoms with Gasteiger partial charge >= 0.3 is 0 Å². The molecule has 2 heteroatoms. The summed E-state index contributed by atoms with van der Waals surface area (Å²) in [6, 6.07) is 0. The average molecular weight is 244 g/mol. The van der Waals surface area contributed by atoms with Crippen molar-refractivity contribution in [2.45, 2.75) is 53.4 Å². The summed E-state index contributed by atoms with van der Waals surface area (Å²) in [6.07, 6.45) is 6.22. The van der Waals surface area contributed by atoms with Gasteiger partial charge in [-0.15, -0.1) is 0 Å². The first-order chi connectivity index (χ1) is 8.37. The highest BCUT2D eigenvalue weighted by Crippen LogP contribution is 2.66. The normalized spacial score (nSPS) is 35.9. The first kappa shape index (κ1) is 12.1. The van der Waals surface area contributed by atoms with Crippen molar-refractivity contribution in [3.63, 3.8) is 0 Å². The molecule has 2 unspecified atom stereocenters. The van der Waals surface area contributed by atoms with Crippen molar-refractivity contribution in [1.29, 1.82) is 0 Å². The summed E-state index contributed by atoms with van der Waals surface area (Å²) in [5.74, 6) is 2.10. The Morgan fingerprint density at radius 1 is 1.17 bits per heavy atom. The summed E-state index contributed by atoms with van der Waals surface area (Å²) in [4.78, 5) is 8.85. The average Bonchev–Trinajstić information content (AvgIpc) is 2.48. The van der Waals surface area contributed by atoms with E-state index in [0.29, 0.717) is 16.7 Å². The van der Waals surface area contributed by atoms with Gasteiger partial charge in [-0.1, -0.05) is 34.6 Å². The molecule has 0 bridgehead atoms. The lowest BCUT2D eigenvalue weighted by Crippen LogP contribution is -2.29. The summed E-state index contributed by atoms with van der Waals surface area (Å²) in [5.41, 5.74) is 3.47. The van der Waals surface area contributed by atoms with Crippen LogP contribution in [-0.4, -0.2) is 9.97 Å². The first-order valence-corrected chi connectivity index (χ1v) is 7.15. The first-order valence-electron chi connectivity index (χ1n) is 7.15. The van der Waals surface area contributed by atoms with Crippen LogP contribution in [0.15, 0.2) is 12.5 Å². The highest BCUT2D eigenvalue weighted by molar-refractivity contribution is 5.30. The molecule has 0 radical (unpaired) electrons. The van der Waals surface area contributed by atoms with E-state index >= 15 is 0 Å². The summed E-state index contributed by atoms with van der Waals surface area (Å²) < 4.78 is 0. The second-order valence-corrected chi connectivity index (χ2v) is 7.42. The maximum Gasteiger partial charge on any atom is 0.115 e. The number of hydrogen-bond donors (Lipinski definition) is 0. The van der Waals surface area contributed by atoms with E-state index in [0.717, 1.165) is 18.3 Å². The molecule has 1 saturated carbocycles. The third-order valence-electron chi connectivity index (χ3n) is 6.23. The van der Waals surface area contributed by atoms with Gasteiger partial charge in [-0.25, -0.2) is 9.97 Å². The molecule has 0 saturated heterocycles. The van der Waals surface area contributed by atoms with Gasteiger partial charge in [-0.05, 0) is 41.1 Å². The fraction of sp³-hybridized carbons (Fsp3) is 0.750. The van der Waals surface area contributed by atoms with Crippen molar-refractivity contribution in [3.05, 3.63) is 23.8 Å². The van der Waals surface area contributed by atoms with Gasteiger partial charge in [-0.2, -0.15) is 0 Å². The van der Waals surface area contributed by atoms with Gasteiger partial charge in [0.15, 0.2) is 0 Å². The maximum absolute atomic E-state index is 4.65. The molecule has 2 aliphatic rings. The topological polar surface area (TPSA) is 25.8 Å². The van der Waals surface area contributed by atoms with Gasteiger partial charge < -0.3 is 0 Å². The molecule has 2 nitrogen and oxygen atoms in total. The summed E-state index contributed by atoms with van der Waals surface area (Å²) in [7, 11) is 0. The van der Waals surface area contributed by atoms with E-state index in [1.807, 2.05) is 6.20 Å². The monoisotopic (exact) mass is 244 g/mol. The lowest BCUT2D eigenvalue weighted by atomic mass is 9.68. The number of hydrogen-bond acceptors (Lipinski definition) is 2. The van der Waals surface area contributed by atoms with Crippen molar-refractivity contribution >= 4 is 0 Å². The lowest BCUT2D eigenvalue weighted by molar-refractivity contribution is 0.150. The predicted octanol–water partition coefficient (Wildman–Crippen LogP) is 3.82. The zero-order chi connectivity index (χ0) is 13.1. The summed E-state index contributed by atoms with van der Waals surface area (Å²) in [5, 5.41) is 0. The van der Waals surface area contributed by atoms with Crippen molar-refractivity contribution < 1.29 is 0 Å². The van der Waals surface area contributed by atoms with Crippen LogP contribution in [-0.2, 0) is 6.42 Å². The van der Waals surface area contributed by atoms with E-state index in [-0.39, 0.29) is 0 Å². The van der Waals surface area contributed by atoms with Crippen molar-refractivity contribution in [2.24, 2.45) is 22.7 Å². The van der Waals surface area contributed by atoms with E-state index in [1.54, 1.807) is 6.33 Å². The Balaban J connectivity index is 2.16. The molecule has 1 aromatic heterocycles. The Bertz CT molecular complexity index is 476. The zero-order valence-corrected chi connectivity index (χ0v) is 12.2. The highest BCUT2D eigenvalue weighted by atomic mass is 14.9. The fourth-order valence-corrected chi connectivity index (χ4v) is 4.73. The van der Waals surface area contributed by atoms with E-state index in [4.69, 9.17) is 0 Å². The standard InChI is InChI=1S/C16H24N2/c1-10-15(2,3)12-7-6-11-8-17-9-18-14(11)13(12)16(10,4)5/h8-10,12-13H,6-7H2,1-5H3/t10?,12?,13-/m1/s1. The van der Waals surface area contributed by atoms with Crippen LogP contribution in [0.3, 0.4) is 0 Å². The van der Waals surface area contributed by atoms with E-state index in [1.165, 1.54) is 17.7 Å². The third kappa shape index (κ3) is 1.35. The van der Waals surface area contributed by atoms with Crippen LogP contribution >= 0.6 is 0 Å². The maximum atomic E-state index is 4.65. The van der Waals surface area contributed by atoms with E-state index < -0.39 is 0 Å². The van der Waals surface area contributed by atoms with Gasteiger partial charge in [-0.3, -0.25) is 0 Å². The van der Waals surface area contributed by atoms with Crippen LogP contribution in [0.25, 0.3) is 0 Å². The molecule has 18 heavy (non-hydrogen) atoms. The highest BCUT2D eigenvalue weighted by Gasteiger charge is 2.59. The van der Waals surface area contributed by atoms with Crippen LogP contribution in [0, 0.1) is 22.7 Å². The van der Waals surface area contributed by atoms with Crippen molar-refractivity contribution in [3.8, 4) is 0 Å². The van der Waals surface area contributed by atoms with E-state index in [9.17, 15) is 0 Å².